The van der Waals surface area contributed by atoms with Gasteiger partial charge in [-0.05, 0) is 23.8 Å². The Morgan fingerprint density at radius 2 is 1.96 bits per heavy atom. The molecule has 126 valence electrons. The number of fused-ring (bicyclic) bond motifs is 3. The van der Waals surface area contributed by atoms with E-state index in [2.05, 4.69) is 15.5 Å². The van der Waals surface area contributed by atoms with E-state index in [1.54, 1.807) is 18.2 Å². The maximum absolute atomic E-state index is 12.3. The van der Waals surface area contributed by atoms with Gasteiger partial charge in [0.2, 0.25) is 0 Å². The Kier molecular flexibility index (Phi) is 4.21. The smallest absolute Gasteiger partial charge is 0.253 e. The molecule has 1 N–H and O–H groups in total. The summed E-state index contributed by atoms with van der Waals surface area (Å²) < 4.78 is 7.64. The maximum Gasteiger partial charge on any atom is 0.253 e. The predicted octanol–water partition coefficient (Wildman–Crippen LogP) is 2.88. The van der Waals surface area contributed by atoms with Crippen molar-refractivity contribution in [3.05, 3.63) is 76.3 Å². The van der Waals surface area contributed by atoms with Crippen LogP contribution in [-0.2, 0) is 24.5 Å². The van der Waals surface area contributed by atoms with Crippen molar-refractivity contribution in [1.82, 2.24) is 20.1 Å². The van der Waals surface area contributed by atoms with Gasteiger partial charge in [-0.1, -0.05) is 41.9 Å². The Balaban J connectivity index is 1.63. The maximum atomic E-state index is 12.3. The highest BCUT2D eigenvalue weighted by Crippen LogP contribution is 2.24. The van der Waals surface area contributed by atoms with Crippen molar-refractivity contribution in [2.24, 2.45) is 0 Å². The lowest BCUT2D eigenvalue weighted by atomic mass is 10.1. The molecular weight excluding hydrogens is 340 g/mol. The Bertz CT molecular complexity index is 924. The summed E-state index contributed by atoms with van der Waals surface area (Å²) in [6.07, 6.45) is 0. The molecule has 1 amide bonds. The van der Waals surface area contributed by atoms with E-state index in [1.807, 2.05) is 34.9 Å². The van der Waals surface area contributed by atoms with Crippen LogP contribution < -0.4 is 5.32 Å². The molecule has 0 saturated carbocycles. The van der Waals surface area contributed by atoms with Crippen molar-refractivity contribution in [2.75, 3.05) is 0 Å². The first kappa shape index (κ1) is 15.8. The first-order valence-electron chi connectivity index (χ1n) is 7.85. The third-order valence-corrected chi connectivity index (χ3v) is 4.23. The third-order valence-electron chi connectivity index (χ3n) is 3.99. The fourth-order valence-corrected chi connectivity index (χ4v) is 2.99. The van der Waals surface area contributed by atoms with Gasteiger partial charge in [-0.3, -0.25) is 9.36 Å². The first-order chi connectivity index (χ1) is 12.2. The summed E-state index contributed by atoms with van der Waals surface area (Å²) in [5.74, 6) is 1.12. The normalized spacial score (nSPS) is 12.9. The molecule has 1 aliphatic rings. The monoisotopic (exact) mass is 354 g/mol. The number of halogens is 1. The minimum atomic E-state index is -0.181. The second kappa shape index (κ2) is 6.66. The van der Waals surface area contributed by atoms with Crippen LogP contribution in [0.3, 0.4) is 0 Å². The summed E-state index contributed by atoms with van der Waals surface area (Å²) in [5, 5.41) is 11.7. The number of rotatable bonds is 4. The number of nitrogens with one attached hydrogen (secondary N) is 1. The Hall–Kier alpha value is -2.70. The van der Waals surface area contributed by atoms with Crippen LogP contribution in [0, 0.1) is 0 Å². The number of carbonyl (C=O) groups excluding carboxylic acids is 1. The van der Waals surface area contributed by atoms with Crippen molar-refractivity contribution in [3.63, 3.8) is 0 Å². The van der Waals surface area contributed by atoms with Crippen molar-refractivity contribution in [3.8, 4) is 5.69 Å². The number of amides is 1. The quantitative estimate of drug-likeness (QED) is 0.782. The lowest BCUT2D eigenvalue weighted by molar-refractivity contribution is 0.0952. The minimum absolute atomic E-state index is 0.181. The van der Waals surface area contributed by atoms with Gasteiger partial charge in [0.05, 0.1) is 24.4 Å². The van der Waals surface area contributed by atoms with Crippen molar-refractivity contribution >= 4 is 17.5 Å². The molecule has 3 aromatic rings. The molecule has 4 rings (SSSR count). The standard InChI is InChI=1S/C18H15ClN4O2/c19-13-6-7-15-14(8-13)18(24)20-9-16-21-22-17(23(15)16)11-25-10-12-4-2-1-3-5-12/h1-8H,9-11H2,(H,20,24). The number of aromatic nitrogens is 3. The predicted molar refractivity (Wildman–Crippen MR) is 92.5 cm³/mol. The summed E-state index contributed by atoms with van der Waals surface area (Å²) >= 11 is 6.04. The molecule has 0 spiro atoms. The van der Waals surface area contributed by atoms with Crippen LogP contribution >= 0.6 is 11.6 Å². The number of carbonyl (C=O) groups is 1. The molecule has 0 unspecified atom stereocenters. The van der Waals surface area contributed by atoms with E-state index in [1.165, 1.54) is 0 Å². The molecule has 25 heavy (non-hydrogen) atoms. The zero-order valence-electron chi connectivity index (χ0n) is 13.3. The molecule has 0 atom stereocenters. The number of ether oxygens (including phenoxy) is 1. The van der Waals surface area contributed by atoms with Crippen LogP contribution in [0.1, 0.15) is 27.6 Å². The topological polar surface area (TPSA) is 69.0 Å². The van der Waals surface area contributed by atoms with Gasteiger partial charge in [0.15, 0.2) is 11.6 Å². The lowest BCUT2D eigenvalue weighted by Crippen LogP contribution is -2.21. The minimum Gasteiger partial charge on any atom is -0.369 e. The zero-order chi connectivity index (χ0) is 17.2. The second-order valence-corrected chi connectivity index (χ2v) is 6.13. The van der Waals surface area contributed by atoms with E-state index in [0.29, 0.717) is 41.1 Å². The van der Waals surface area contributed by atoms with E-state index >= 15 is 0 Å². The molecule has 2 heterocycles. The second-order valence-electron chi connectivity index (χ2n) is 5.69. The summed E-state index contributed by atoms with van der Waals surface area (Å²) in [5.41, 5.74) is 2.29. The molecule has 7 heteroatoms. The van der Waals surface area contributed by atoms with Gasteiger partial charge in [-0.25, -0.2) is 0 Å². The van der Waals surface area contributed by atoms with Crippen molar-refractivity contribution < 1.29 is 9.53 Å². The van der Waals surface area contributed by atoms with Gasteiger partial charge in [0.25, 0.3) is 5.91 Å². The Morgan fingerprint density at radius 1 is 1.12 bits per heavy atom. The first-order valence-corrected chi connectivity index (χ1v) is 8.23. The highest BCUT2D eigenvalue weighted by molar-refractivity contribution is 6.31. The van der Waals surface area contributed by atoms with Gasteiger partial charge < -0.3 is 10.1 Å². The summed E-state index contributed by atoms with van der Waals surface area (Å²) in [7, 11) is 0. The summed E-state index contributed by atoms with van der Waals surface area (Å²) in [6, 6.07) is 15.1. The zero-order valence-corrected chi connectivity index (χ0v) is 14.0. The Labute approximate surface area is 149 Å². The van der Waals surface area contributed by atoms with Gasteiger partial charge in [-0.2, -0.15) is 0 Å². The molecule has 0 radical (unpaired) electrons. The van der Waals surface area contributed by atoms with Crippen molar-refractivity contribution in [1.29, 1.82) is 0 Å². The molecule has 1 aromatic heterocycles. The van der Waals surface area contributed by atoms with Crippen LogP contribution in [0.25, 0.3) is 5.69 Å². The van der Waals surface area contributed by atoms with Crippen LogP contribution in [0.15, 0.2) is 48.5 Å². The molecule has 0 fully saturated rings. The number of nitrogens with zero attached hydrogens (tertiary/aromatic N) is 3. The Morgan fingerprint density at radius 3 is 2.80 bits per heavy atom. The van der Waals surface area contributed by atoms with E-state index in [9.17, 15) is 4.79 Å². The van der Waals surface area contributed by atoms with Gasteiger partial charge in [-0.15, -0.1) is 10.2 Å². The number of benzene rings is 2. The third kappa shape index (κ3) is 3.14. The van der Waals surface area contributed by atoms with Gasteiger partial charge in [0, 0.05) is 5.02 Å². The molecule has 2 aromatic carbocycles. The summed E-state index contributed by atoms with van der Waals surface area (Å²) in [6.45, 7) is 1.07. The van der Waals surface area contributed by atoms with Crippen LogP contribution in [0.5, 0.6) is 0 Å². The average Bonchev–Trinajstić information content (AvgIpc) is 2.97. The van der Waals surface area contributed by atoms with Crippen molar-refractivity contribution in [2.45, 2.75) is 19.8 Å². The van der Waals surface area contributed by atoms with E-state index in [4.69, 9.17) is 16.3 Å². The van der Waals surface area contributed by atoms with Gasteiger partial charge in [0.1, 0.15) is 6.61 Å². The number of hydrogen-bond donors (Lipinski definition) is 1. The number of hydrogen-bond acceptors (Lipinski definition) is 4. The van der Waals surface area contributed by atoms with Crippen LogP contribution in [-0.4, -0.2) is 20.7 Å². The molecular formula is C18H15ClN4O2. The molecule has 1 aliphatic heterocycles. The highest BCUT2D eigenvalue weighted by Gasteiger charge is 2.24. The van der Waals surface area contributed by atoms with Crippen LogP contribution in [0.4, 0.5) is 0 Å². The summed E-state index contributed by atoms with van der Waals surface area (Å²) in [4.78, 5) is 12.3. The fraction of sp³-hybridized carbons (Fsp3) is 0.167. The molecule has 6 nitrogen and oxygen atoms in total. The fourth-order valence-electron chi connectivity index (χ4n) is 2.81. The average molecular weight is 355 g/mol. The molecule has 0 aliphatic carbocycles. The lowest BCUT2D eigenvalue weighted by Gasteiger charge is -2.11. The van der Waals surface area contributed by atoms with E-state index < -0.39 is 0 Å². The molecule has 0 bridgehead atoms. The largest absolute Gasteiger partial charge is 0.369 e. The SMILES string of the molecule is O=C1NCc2nnc(COCc3ccccc3)n2-c2ccc(Cl)cc21. The molecule has 0 saturated heterocycles. The van der Waals surface area contributed by atoms with E-state index in [-0.39, 0.29) is 12.5 Å². The van der Waals surface area contributed by atoms with E-state index in [0.717, 1.165) is 5.56 Å². The van der Waals surface area contributed by atoms with Gasteiger partial charge >= 0.3 is 0 Å². The van der Waals surface area contributed by atoms with Crippen LogP contribution in [0.2, 0.25) is 5.02 Å². The highest BCUT2D eigenvalue weighted by atomic mass is 35.5.